The van der Waals surface area contributed by atoms with Gasteiger partial charge >= 0.3 is 6.09 Å². The van der Waals surface area contributed by atoms with Crippen LogP contribution in [0.2, 0.25) is 0 Å². The van der Waals surface area contributed by atoms with Crippen molar-refractivity contribution in [2.45, 2.75) is 95.8 Å². The summed E-state index contributed by atoms with van der Waals surface area (Å²) in [6, 6.07) is 2.45. The summed E-state index contributed by atoms with van der Waals surface area (Å²) in [5.41, 5.74) is 0.824. The topological polar surface area (TPSA) is 88.3 Å². The van der Waals surface area contributed by atoms with Crippen LogP contribution in [-0.2, 0) is 11.2 Å². The summed E-state index contributed by atoms with van der Waals surface area (Å²) in [5.74, 6) is 1.07. The summed E-state index contributed by atoms with van der Waals surface area (Å²) in [6.07, 6.45) is 8.48. The van der Waals surface area contributed by atoms with Crippen LogP contribution in [0.5, 0.6) is 5.88 Å². The van der Waals surface area contributed by atoms with E-state index in [9.17, 15) is 4.79 Å². The second-order valence-corrected chi connectivity index (χ2v) is 11.0. The van der Waals surface area contributed by atoms with Crippen LogP contribution in [0, 0.1) is 11.3 Å². The zero-order valence-electron chi connectivity index (χ0n) is 19.4. The number of carbonyl (C=O) groups excluding carboxylic acids is 1. The lowest BCUT2D eigenvalue weighted by molar-refractivity contribution is 0.0138. The van der Waals surface area contributed by atoms with Crippen LogP contribution >= 0.6 is 11.3 Å². The van der Waals surface area contributed by atoms with Crippen LogP contribution in [0.15, 0.2) is 6.33 Å². The molecule has 0 unspecified atom stereocenters. The van der Waals surface area contributed by atoms with Crippen molar-refractivity contribution in [3.63, 3.8) is 0 Å². The monoisotopic (exact) mass is 456 g/mol. The van der Waals surface area contributed by atoms with E-state index in [0.717, 1.165) is 55.2 Å². The lowest BCUT2D eigenvalue weighted by Crippen LogP contribution is -2.43. The molecule has 2 aliphatic rings. The van der Waals surface area contributed by atoms with Gasteiger partial charge in [0.15, 0.2) is 0 Å². The number of amides is 1. The molecule has 0 radical (unpaired) electrons. The molecular formula is C24H32N4O3S. The lowest BCUT2D eigenvalue weighted by atomic mass is 9.92. The first kappa shape index (κ1) is 22.8. The predicted octanol–water partition coefficient (Wildman–Crippen LogP) is 5.58. The van der Waals surface area contributed by atoms with Crippen LogP contribution in [-0.4, -0.2) is 45.8 Å². The van der Waals surface area contributed by atoms with Crippen LogP contribution in [0.3, 0.4) is 0 Å². The third-order valence-corrected chi connectivity index (χ3v) is 7.62. The third kappa shape index (κ3) is 4.83. The molecule has 1 amide bonds. The summed E-state index contributed by atoms with van der Waals surface area (Å²) in [7, 11) is 1.82. The fourth-order valence-corrected chi connectivity index (χ4v) is 6.08. The normalized spacial score (nSPS) is 22.9. The number of hydrogen-bond donors (Lipinski definition) is 0. The summed E-state index contributed by atoms with van der Waals surface area (Å²) < 4.78 is 11.9. The fourth-order valence-electron chi connectivity index (χ4n) is 4.85. The Morgan fingerprint density at radius 3 is 2.69 bits per heavy atom. The van der Waals surface area contributed by atoms with Crippen LogP contribution in [0.1, 0.15) is 82.1 Å². The highest BCUT2D eigenvalue weighted by Crippen LogP contribution is 2.47. The number of nitrogens with zero attached hydrogens (tertiary/aromatic N) is 4. The second kappa shape index (κ2) is 9.22. The van der Waals surface area contributed by atoms with Crippen LogP contribution in [0.25, 0.3) is 10.2 Å². The van der Waals surface area contributed by atoms with E-state index in [1.807, 2.05) is 27.8 Å². The van der Waals surface area contributed by atoms with Gasteiger partial charge in [-0.05, 0) is 77.2 Å². The van der Waals surface area contributed by atoms with E-state index in [1.54, 1.807) is 22.6 Å². The Morgan fingerprint density at radius 1 is 1.25 bits per heavy atom. The van der Waals surface area contributed by atoms with Crippen molar-refractivity contribution in [2.75, 3.05) is 7.05 Å². The van der Waals surface area contributed by atoms with Gasteiger partial charge in [-0.25, -0.2) is 14.8 Å². The number of hydrogen-bond acceptors (Lipinski definition) is 7. The minimum Gasteiger partial charge on any atom is -0.474 e. The van der Waals surface area contributed by atoms with Crippen LogP contribution < -0.4 is 4.74 Å². The molecule has 0 N–H and O–H groups in total. The molecule has 2 aromatic heterocycles. The standard InChI is InChI=1S/C24H32N4O3S/c1-24(2,3)31-23(29)28(4)16-8-10-17(11-9-16)30-21-20-19-15(6-5-13-25)7-12-18(19)32-22(20)27-14-26-21/h14-17H,5-12H2,1-4H3/t15-,16-,17+/m0/s1. The molecule has 4 rings (SSSR count). The van der Waals surface area contributed by atoms with E-state index < -0.39 is 5.60 Å². The highest BCUT2D eigenvalue weighted by atomic mass is 32.1. The lowest BCUT2D eigenvalue weighted by Gasteiger charge is -2.35. The quantitative estimate of drug-likeness (QED) is 0.583. The number of aryl methyl sites for hydroxylation is 1. The van der Waals surface area contributed by atoms with Gasteiger partial charge in [-0.1, -0.05) is 0 Å². The first-order chi connectivity index (χ1) is 15.3. The zero-order valence-corrected chi connectivity index (χ0v) is 20.2. The van der Waals surface area contributed by atoms with Crippen molar-refractivity contribution in [3.05, 3.63) is 16.8 Å². The largest absolute Gasteiger partial charge is 0.474 e. The molecule has 0 aromatic carbocycles. The Kier molecular flexibility index (Phi) is 6.57. The Hall–Kier alpha value is -2.40. The molecule has 32 heavy (non-hydrogen) atoms. The van der Waals surface area contributed by atoms with Crippen molar-refractivity contribution in [3.8, 4) is 11.9 Å². The number of nitriles is 1. The maximum absolute atomic E-state index is 12.4. The number of aromatic nitrogens is 2. The van der Waals surface area contributed by atoms with E-state index in [4.69, 9.17) is 14.7 Å². The first-order valence-corrected chi connectivity index (χ1v) is 12.3. The van der Waals surface area contributed by atoms with Crippen molar-refractivity contribution in [1.82, 2.24) is 14.9 Å². The molecule has 7 nitrogen and oxygen atoms in total. The number of ether oxygens (including phenoxy) is 2. The van der Waals surface area contributed by atoms with E-state index in [1.165, 1.54) is 10.4 Å². The van der Waals surface area contributed by atoms with Crippen LogP contribution in [0.4, 0.5) is 4.79 Å². The average molecular weight is 457 g/mol. The van der Waals surface area contributed by atoms with E-state index in [2.05, 4.69) is 16.0 Å². The Morgan fingerprint density at radius 2 is 2.00 bits per heavy atom. The van der Waals surface area contributed by atoms with Gasteiger partial charge in [0.1, 0.15) is 22.9 Å². The molecular weight excluding hydrogens is 424 g/mol. The van der Waals surface area contributed by atoms with Crippen molar-refractivity contribution in [2.24, 2.45) is 0 Å². The summed E-state index contributed by atoms with van der Waals surface area (Å²) in [5, 5.41) is 10.1. The van der Waals surface area contributed by atoms with E-state index in [-0.39, 0.29) is 18.2 Å². The fraction of sp³-hybridized carbons (Fsp3) is 0.667. The van der Waals surface area contributed by atoms with Gasteiger partial charge in [-0.2, -0.15) is 5.26 Å². The minimum atomic E-state index is -0.490. The molecule has 172 valence electrons. The Balaban J connectivity index is 1.43. The molecule has 1 fully saturated rings. The number of fused-ring (bicyclic) bond motifs is 3. The minimum absolute atomic E-state index is 0.0749. The van der Waals surface area contributed by atoms with Gasteiger partial charge in [0, 0.05) is 24.4 Å². The van der Waals surface area contributed by atoms with Gasteiger partial charge in [-0.3, -0.25) is 0 Å². The van der Waals surface area contributed by atoms with Gasteiger partial charge in [0.25, 0.3) is 0 Å². The SMILES string of the molecule is CN(C(=O)OC(C)(C)C)[C@H]1CC[C@@H](Oc2ncnc3sc4c(c23)[C@@H](CCC#N)CC4)CC1. The average Bonchev–Trinajstić information content (AvgIpc) is 3.30. The molecule has 2 aliphatic carbocycles. The highest BCUT2D eigenvalue weighted by molar-refractivity contribution is 7.19. The Bertz CT molecular complexity index is 1010. The predicted molar refractivity (Wildman–Crippen MR) is 124 cm³/mol. The van der Waals surface area contributed by atoms with E-state index >= 15 is 0 Å². The second-order valence-electron chi connectivity index (χ2n) is 9.87. The molecule has 0 aliphatic heterocycles. The van der Waals surface area contributed by atoms with Gasteiger partial charge in [0.05, 0.1) is 11.5 Å². The number of thiophene rings is 1. The van der Waals surface area contributed by atoms with Gasteiger partial charge in [0.2, 0.25) is 5.88 Å². The molecule has 0 bridgehead atoms. The summed E-state index contributed by atoms with van der Waals surface area (Å²) in [4.78, 5) is 25.5. The number of carbonyl (C=O) groups is 1. The highest BCUT2D eigenvalue weighted by Gasteiger charge is 2.33. The molecule has 0 saturated heterocycles. The number of rotatable bonds is 5. The van der Waals surface area contributed by atoms with Gasteiger partial charge < -0.3 is 14.4 Å². The molecule has 1 saturated carbocycles. The Labute approximate surface area is 193 Å². The smallest absolute Gasteiger partial charge is 0.410 e. The van der Waals surface area contributed by atoms with Crippen molar-refractivity contribution < 1.29 is 14.3 Å². The summed E-state index contributed by atoms with van der Waals surface area (Å²) >= 11 is 1.74. The maximum atomic E-state index is 12.4. The first-order valence-electron chi connectivity index (χ1n) is 11.5. The van der Waals surface area contributed by atoms with Crippen molar-refractivity contribution in [1.29, 1.82) is 5.26 Å². The molecule has 0 spiro atoms. The van der Waals surface area contributed by atoms with E-state index in [0.29, 0.717) is 18.2 Å². The van der Waals surface area contributed by atoms with Crippen molar-refractivity contribution >= 4 is 27.6 Å². The molecule has 2 heterocycles. The third-order valence-electron chi connectivity index (χ3n) is 6.45. The molecule has 1 atom stereocenters. The zero-order chi connectivity index (χ0) is 22.9. The maximum Gasteiger partial charge on any atom is 0.410 e. The molecule has 2 aromatic rings. The molecule has 8 heteroatoms. The summed E-state index contributed by atoms with van der Waals surface area (Å²) in [6.45, 7) is 5.66. The van der Waals surface area contributed by atoms with Gasteiger partial charge in [-0.15, -0.1) is 11.3 Å².